The fourth-order valence-electron chi connectivity index (χ4n) is 2.44. The second-order valence-electron chi connectivity index (χ2n) is 5.34. The van der Waals surface area contributed by atoms with Gasteiger partial charge in [-0.15, -0.1) is 0 Å². The Morgan fingerprint density at radius 1 is 0.792 bits per heavy atom. The van der Waals surface area contributed by atoms with Crippen LogP contribution in [-0.2, 0) is 0 Å². The predicted octanol–water partition coefficient (Wildman–Crippen LogP) is 4.70. The quantitative estimate of drug-likeness (QED) is 0.548. The minimum Gasteiger partial charge on any atom is -0.334 e. The molecule has 0 unspecified atom stereocenters. The van der Waals surface area contributed by atoms with Gasteiger partial charge in [0.15, 0.2) is 0 Å². The summed E-state index contributed by atoms with van der Waals surface area (Å²) in [5.41, 5.74) is 3.11. The van der Waals surface area contributed by atoms with Crippen LogP contribution in [0.25, 0.3) is 29.2 Å². The van der Waals surface area contributed by atoms with E-state index < -0.39 is 0 Å². The molecule has 4 heteroatoms. The van der Waals surface area contributed by atoms with Crippen LogP contribution in [0.1, 0.15) is 11.5 Å². The molecule has 0 atom stereocenters. The lowest BCUT2D eigenvalue weighted by Gasteiger charge is -2.02. The van der Waals surface area contributed by atoms with E-state index in [0.717, 1.165) is 16.8 Å². The molecule has 4 nitrogen and oxygen atoms in total. The molecule has 0 aliphatic carbocycles. The minimum absolute atomic E-state index is 0.489. The lowest BCUT2D eigenvalue weighted by Crippen LogP contribution is -1.89. The van der Waals surface area contributed by atoms with Gasteiger partial charge < -0.3 is 9.09 Å². The monoisotopic (exact) mass is 313 g/mol. The van der Waals surface area contributed by atoms with Crippen LogP contribution >= 0.6 is 0 Å². The van der Waals surface area contributed by atoms with Crippen LogP contribution in [-0.4, -0.2) is 14.7 Å². The van der Waals surface area contributed by atoms with Gasteiger partial charge in [-0.25, -0.2) is 0 Å². The van der Waals surface area contributed by atoms with Crippen molar-refractivity contribution in [3.8, 4) is 17.1 Å². The van der Waals surface area contributed by atoms with Crippen molar-refractivity contribution in [3.63, 3.8) is 0 Å². The molecular weight excluding hydrogens is 298 g/mol. The van der Waals surface area contributed by atoms with E-state index >= 15 is 0 Å². The van der Waals surface area contributed by atoms with E-state index in [0.29, 0.717) is 11.7 Å². The maximum atomic E-state index is 5.29. The van der Waals surface area contributed by atoms with Crippen molar-refractivity contribution in [2.45, 2.75) is 0 Å². The van der Waals surface area contributed by atoms with Crippen LogP contribution in [0.4, 0.5) is 0 Å². The summed E-state index contributed by atoms with van der Waals surface area (Å²) >= 11 is 0. The number of aromatic nitrogens is 3. The molecule has 0 fully saturated rings. The van der Waals surface area contributed by atoms with Crippen LogP contribution < -0.4 is 0 Å². The summed E-state index contributed by atoms with van der Waals surface area (Å²) < 4.78 is 7.34. The van der Waals surface area contributed by atoms with Gasteiger partial charge in [0, 0.05) is 29.7 Å². The number of benzene rings is 2. The summed E-state index contributed by atoms with van der Waals surface area (Å²) in [7, 11) is 0. The molecule has 2 aromatic heterocycles. The highest BCUT2D eigenvalue weighted by molar-refractivity contribution is 5.67. The Morgan fingerprint density at radius 3 is 2.29 bits per heavy atom. The van der Waals surface area contributed by atoms with Crippen molar-refractivity contribution in [3.05, 3.63) is 90.6 Å². The average Bonchev–Trinajstić information content (AvgIpc) is 3.33. The molecule has 2 heterocycles. The first kappa shape index (κ1) is 14.2. The van der Waals surface area contributed by atoms with Gasteiger partial charge in [0.1, 0.15) is 0 Å². The highest BCUT2D eigenvalue weighted by Crippen LogP contribution is 2.19. The second-order valence-corrected chi connectivity index (χ2v) is 5.34. The first-order valence-electron chi connectivity index (χ1n) is 7.69. The zero-order chi connectivity index (χ0) is 16.2. The van der Waals surface area contributed by atoms with Crippen molar-refractivity contribution in [2.24, 2.45) is 0 Å². The molecule has 0 amide bonds. The van der Waals surface area contributed by atoms with E-state index in [1.807, 2.05) is 95.8 Å². The Hall–Kier alpha value is -3.40. The SMILES string of the molecule is C(=Cc1nc(-c2ccc(-n3cccc3)cc2)no1)c1ccccc1. The third-order valence-corrected chi connectivity index (χ3v) is 3.69. The lowest BCUT2D eigenvalue weighted by molar-refractivity contribution is 0.411. The Kier molecular flexibility index (Phi) is 3.78. The fraction of sp³-hybridized carbons (Fsp3) is 0. The molecular formula is C20H15N3O. The fourth-order valence-corrected chi connectivity index (χ4v) is 2.44. The van der Waals surface area contributed by atoms with E-state index in [4.69, 9.17) is 4.52 Å². The topological polar surface area (TPSA) is 43.9 Å². The summed E-state index contributed by atoms with van der Waals surface area (Å²) in [5.74, 6) is 1.07. The van der Waals surface area contributed by atoms with Gasteiger partial charge >= 0.3 is 0 Å². The van der Waals surface area contributed by atoms with E-state index in [-0.39, 0.29) is 0 Å². The maximum Gasteiger partial charge on any atom is 0.250 e. The van der Waals surface area contributed by atoms with Gasteiger partial charge in [-0.1, -0.05) is 35.5 Å². The zero-order valence-electron chi connectivity index (χ0n) is 12.9. The zero-order valence-corrected chi connectivity index (χ0v) is 12.9. The van der Waals surface area contributed by atoms with Gasteiger partial charge in [-0.3, -0.25) is 0 Å². The summed E-state index contributed by atoms with van der Waals surface area (Å²) in [6.07, 6.45) is 7.79. The third kappa shape index (κ3) is 3.03. The number of hydrogen-bond donors (Lipinski definition) is 0. The van der Waals surface area contributed by atoms with Crippen molar-refractivity contribution < 1.29 is 4.52 Å². The summed E-state index contributed by atoms with van der Waals surface area (Å²) in [6, 6.07) is 22.1. The lowest BCUT2D eigenvalue weighted by atomic mass is 10.2. The molecule has 4 aromatic rings. The van der Waals surface area contributed by atoms with Gasteiger partial charge in [0.2, 0.25) is 5.82 Å². The first-order valence-corrected chi connectivity index (χ1v) is 7.69. The number of hydrogen-bond acceptors (Lipinski definition) is 3. The van der Waals surface area contributed by atoms with Crippen LogP contribution in [0.5, 0.6) is 0 Å². The van der Waals surface area contributed by atoms with Crippen LogP contribution in [0.15, 0.2) is 83.6 Å². The van der Waals surface area contributed by atoms with Crippen molar-refractivity contribution in [2.75, 3.05) is 0 Å². The van der Waals surface area contributed by atoms with Gasteiger partial charge in [-0.2, -0.15) is 4.98 Å². The standard InChI is InChI=1S/C20H15N3O/c1-2-6-16(7-3-1)8-13-19-21-20(22-24-19)17-9-11-18(12-10-17)23-14-4-5-15-23/h1-15H. The van der Waals surface area contributed by atoms with Gasteiger partial charge in [-0.05, 0) is 48.0 Å². The van der Waals surface area contributed by atoms with Crippen LogP contribution in [0.2, 0.25) is 0 Å². The highest BCUT2D eigenvalue weighted by atomic mass is 16.5. The summed E-state index contributed by atoms with van der Waals surface area (Å²) in [6.45, 7) is 0. The number of rotatable bonds is 4. The Balaban J connectivity index is 1.53. The molecule has 0 saturated heterocycles. The van der Waals surface area contributed by atoms with Crippen LogP contribution in [0, 0.1) is 0 Å². The Bertz CT molecular complexity index is 936. The van der Waals surface area contributed by atoms with Crippen LogP contribution in [0.3, 0.4) is 0 Å². The van der Waals surface area contributed by atoms with Crippen molar-refractivity contribution in [1.29, 1.82) is 0 Å². The Labute approximate surface area is 139 Å². The molecule has 0 saturated carbocycles. The van der Waals surface area contributed by atoms with E-state index in [1.165, 1.54) is 0 Å². The van der Waals surface area contributed by atoms with Crippen molar-refractivity contribution >= 4 is 12.2 Å². The van der Waals surface area contributed by atoms with Gasteiger partial charge in [0.05, 0.1) is 0 Å². The molecule has 24 heavy (non-hydrogen) atoms. The molecule has 2 aromatic carbocycles. The van der Waals surface area contributed by atoms with Crippen molar-refractivity contribution in [1.82, 2.24) is 14.7 Å². The molecule has 0 aliphatic rings. The molecule has 116 valence electrons. The predicted molar refractivity (Wildman–Crippen MR) is 94.4 cm³/mol. The molecule has 0 N–H and O–H groups in total. The minimum atomic E-state index is 0.489. The largest absolute Gasteiger partial charge is 0.334 e. The summed E-state index contributed by atoms with van der Waals surface area (Å²) in [5, 5.41) is 4.05. The maximum absolute atomic E-state index is 5.29. The van der Waals surface area contributed by atoms with E-state index in [1.54, 1.807) is 0 Å². The Morgan fingerprint density at radius 2 is 1.54 bits per heavy atom. The highest BCUT2D eigenvalue weighted by Gasteiger charge is 2.06. The average molecular weight is 313 g/mol. The molecule has 0 spiro atoms. The smallest absolute Gasteiger partial charge is 0.250 e. The molecule has 0 aliphatic heterocycles. The first-order chi connectivity index (χ1) is 11.9. The second kappa shape index (κ2) is 6.38. The molecule has 0 bridgehead atoms. The summed E-state index contributed by atoms with van der Waals surface area (Å²) in [4.78, 5) is 4.42. The molecule has 4 rings (SSSR count). The van der Waals surface area contributed by atoms with Gasteiger partial charge in [0.25, 0.3) is 5.89 Å². The van der Waals surface area contributed by atoms with E-state index in [2.05, 4.69) is 10.1 Å². The third-order valence-electron chi connectivity index (χ3n) is 3.69. The van der Waals surface area contributed by atoms with E-state index in [9.17, 15) is 0 Å². The molecule has 0 radical (unpaired) electrons. The number of nitrogens with zero attached hydrogens (tertiary/aromatic N) is 3. The normalized spacial score (nSPS) is 11.2.